The van der Waals surface area contributed by atoms with Crippen LogP contribution in [0.1, 0.15) is 51.7 Å². The van der Waals surface area contributed by atoms with Gasteiger partial charge in [0.1, 0.15) is 5.76 Å². The van der Waals surface area contributed by atoms with E-state index in [9.17, 15) is 9.90 Å². The van der Waals surface area contributed by atoms with E-state index in [2.05, 4.69) is 6.92 Å². The van der Waals surface area contributed by atoms with Gasteiger partial charge in [0.25, 0.3) is 0 Å². The number of hydrogen-bond acceptors (Lipinski definition) is 3. The summed E-state index contributed by atoms with van der Waals surface area (Å²) in [4.78, 5) is 12.6. The highest BCUT2D eigenvalue weighted by molar-refractivity contribution is 6.09. The average Bonchev–Trinajstić information content (AvgIpc) is 3.00. The van der Waals surface area contributed by atoms with Crippen molar-refractivity contribution < 1.29 is 14.3 Å². The van der Waals surface area contributed by atoms with Gasteiger partial charge >= 0.3 is 0 Å². The molecule has 3 heteroatoms. The Labute approximate surface area is 131 Å². The van der Waals surface area contributed by atoms with Crippen LogP contribution in [0, 0.1) is 5.41 Å². The summed E-state index contributed by atoms with van der Waals surface area (Å²) in [5.41, 5.74) is 2.64. The average molecular weight is 300 g/mol. The smallest absolute Gasteiger partial charge is 0.184 e. The van der Waals surface area contributed by atoms with Gasteiger partial charge in [-0.1, -0.05) is 18.6 Å². The topological polar surface area (TPSA) is 50.4 Å². The first-order valence-corrected chi connectivity index (χ1v) is 8.17. The van der Waals surface area contributed by atoms with Gasteiger partial charge in [0.2, 0.25) is 0 Å². The van der Waals surface area contributed by atoms with E-state index in [1.807, 2.05) is 25.1 Å². The van der Waals surface area contributed by atoms with Crippen LogP contribution in [0.4, 0.5) is 0 Å². The van der Waals surface area contributed by atoms with Crippen molar-refractivity contribution in [2.24, 2.45) is 5.41 Å². The van der Waals surface area contributed by atoms with Crippen LogP contribution >= 0.6 is 0 Å². The minimum absolute atomic E-state index is 0.168. The van der Waals surface area contributed by atoms with E-state index >= 15 is 0 Å². The van der Waals surface area contributed by atoms with Gasteiger partial charge in [0, 0.05) is 11.8 Å². The lowest BCUT2D eigenvalue weighted by Gasteiger charge is -2.45. The first-order valence-electron chi connectivity index (χ1n) is 8.17. The lowest BCUT2D eigenvalue weighted by Crippen LogP contribution is -2.42. The molecular formula is C19H24O3. The van der Waals surface area contributed by atoms with Gasteiger partial charge in [-0.25, -0.2) is 0 Å². The van der Waals surface area contributed by atoms with Crippen LogP contribution in [0.15, 0.2) is 45.6 Å². The minimum atomic E-state index is -0.340. The molecule has 1 aromatic rings. The fraction of sp³-hybridized carbons (Fsp3) is 0.526. The van der Waals surface area contributed by atoms with Crippen LogP contribution < -0.4 is 0 Å². The van der Waals surface area contributed by atoms with Crippen LogP contribution in [0.25, 0.3) is 0 Å². The molecule has 0 aromatic carbocycles. The number of fused-ring (bicyclic) bond motifs is 1. The fourth-order valence-electron chi connectivity index (χ4n) is 3.98. The van der Waals surface area contributed by atoms with Crippen molar-refractivity contribution in [1.29, 1.82) is 0 Å². The van der Waals surface area contributed by atoms with Crippen molar-refractivity contribution >= 4 is 5.78 Å². The van der Waals surface area contributed by atoms with Gasteiger partial charge in [0.15, 0.2) is 5.78 Å². The summed E-state index contributed by atoms with van der Waals surface area (Å²) < 4.78 is 5.33. The molecule has 1 heterocycles. The molecule has 0 amide bonds. The van der Waals surface area contributed by atoms with E-state index in [1.165, 1.54) is 5.57 Å². The summed E-state index contributed by atoms with van der Waals surface area (Å²) in [6.45, 7) is 4.04. The number of rotatable bonds is 3. The zero-order chi connectivity index (χ0) is 15.7. The molecule has 3 nitrogen and oxygen atoms in total. The molecule has 3 rings (SSSR count). The molecule has 2 aliphatic carbocycles. The lowest BCUT2D eigenvalue weighted by molar-refractivity contribution is -0.113. The molecule has 2 aliphatic rings. The zero-order valence-corrected chi connectivity index (χ0v) is 13.4. The predicted molar refractivity (Wildman–Crippen MR) is 85.4 cm³/mol. The molecule has 0 saturated heterocycles. The molecule has 1 aromatic heterocycles. The van der Waals surface area contributed by atoms with Gasteiger partial charge < -0.3 is 9.52 Å². The Balaban J connectivity index is 1.82. The van der Waals surface area contributed by atoms with E-state index in [0.29, 0.717) is 6.42 Å². The Morgan fingerprint density at radius 1 is 1.50 bits per heavy atom. The Bertz CT molecular complexity index is 621. The Morgan fingerprint density at radius 3 is 3.05 bits per heavy atom. The molecule has 2 atom stereocenters. The molecule has 22 heavy (non-hydrogen) atoms. The zero-order valence-electron chi connectivity index (χ0n) is 13.4. The second kappa shape index (κ2) is 5.88. The van der Waals surface area contributed by atoms with Gasteiger partial charge in [-0.2, -0.15) is 0 Å². The van der Waals surface area contributed by atoms with Crippen molar-refractivity contribution in [3.63, 3.8) is 0 Å². The predicted octanol–water partition coefficient (Wildman–Crippen LogP) is 3.98. The maximum atomic E-state index is 12.6. The summed E-state index contributed by atoms with van der Waals surface area (Å²) in [5.74, 6) is 1.11. The van der Waals surface area contributed by atoms with Crippen molar-refractivity contribution in [3.8, 4) is 0 Å². The Hall–Kier alpha value is -1.61. The van der Waals surface area contributed by atoms with Gasteiger partial charge in [-0.05, 0) is 62.3 Å². The second-order valence-electron chi connectivity index (χ2n) is 6.78. The third kappa shape index (κ3) is 2.58. The molecular weight excluding hydrogens is 276 g/mol. The molecule has 1 saturated carbocycles. The van der Waals surface area contributed by atoms with Crippen LogP contribution in [0.5, 0.6) is 0 Å². The number of Topliss-reactive ketones (excluding diaryl/α,β-unsaturated/α-hetero) is 1. The van der Waals surface area contributed by atoms with E-state index in [1.54, 1.807) is 6.26 Å². The quantitative estimate of drug-likeness (QED) is 0.859. The number of aliphatic hydroxyl groups excluding tert-OH is 1. The highest BCUT2D eigenvalue weighted by Gasteiger charge is 2.45. The van der Waals surface area contributed by atoms with E-state index < -0.39 is 0 Å². The summed E-state index contributed by atoms with van der Waals surface area (Å²) in [5, 5.41) is 10.5. The van der Waals surface area contributed by atoms with Crippen molar-refractivity contribution in [2.45, 2.75) is 58.5 Å². The van der Waals surface area contributed by atoms with Crippen LogP contribution in [-0.2, 0) is 11.2 Å². The Kier molecular flexibility index (Phi) is 4.09. The van der Waals surface area contributed by atoms with Gasteiger partial charge in [0.05, 0.1) is 12.4 Å². The molecule has 0 radical (unpaired) electrons. The lowest BCUT2D eigenvalue weighted by atomic mass is 9.61. The van der Waals surface area contributed by atoms with Crippen LogP contribution in [0.2, 0.25) is 0 Å². The molecule has 1 N–H and O–H groups in total. The number of allylic oxidation sites excluding steroid dienone is 3. The summed E-state index contributed by atoms with van der Waals surface area (Å²) >= 11 is 0. The molecule has 0 spiro atoms. The number of ketones is 1. The molecule has 0 aliphatic heterocycles. The van der Waals surface area contributed by atoms with Gasteiger partial charge in [-0.15, -0.1) is 0 Å². The monoisotopic (exact) mass is 300 g/mol. The minimum Gasteiger partial charge on any atom is -0.469 e. The fourth-order valence-corrected chi connectivity index (χ4v) is 3.98. The maximum Gasteiger partial charge on any atom is 0.184 e. The number of furan rings is 1. The van der Waals surface area contributed by atoms with Crippen molar-refractivity contribution in [3.05, 3.63) is 47.0 Å². The Morgan fingerprint density at radius 2 is 2.32 bits per heavy atom. The number of hydrogen-bond donors (Lipinski definition) is 1. The molecule has 1 fully saturated rings. The number of carbonyl (C=O) groups excluding carboxylic acids is 1. The third-order valence-electron chi connectivity index (χ3n) is 5.33. The maximum absolute atomic E-state index is 12.6. The first kappa shape index (κ1) is 15.3. The second-order valence-corrected chi connectivity index (χ2v) is 6.78. The van der Waals surface area contributed by atoms with Crippen LogP contribution in [0.3, 0.4) is 0 Å². The molecule has 118 valence electrons. The largest absolute Gasteiger partial charge is 0.469 e. The van der Waals surface area contributed by atoms with E-state index in [-0.39, 0.29) is 17.3 Å². The number of aryl methyl sites for hydroxylation is 1. The normalized spacial score (nSPS) is 30.8. The number of aliphatic hydroxyl groups is 1. The SMILES string of the molecule is CC1=C2CCC[C@H](O)[C@@]2(C)CC(=CCCc2ccco2)C1=O. The first-order chi connectivity index (χ1) is 10.5. The van der Waals surface area contributed by atoms with E-state index in [0.717, 1.165) is 49.0 Å². The highest BCUT2D eigenvalue weighted by atomic mass is 16.3. The molecule has 0 bridgehead atoms. The number of carbonyl (C=O) groups is 1. The van der Waals surface area contributed by atoms with Crippen molar-refractivity contribution in [1.82, 2.24) is 0 Å². The molecule has 0 unspecified atom stereocenters. The summed E-state index contributed by atoms with van der Waals surface area (Å²) in [6, 6.07) is 3.84. The third-order valence-corrected chi connectivity index (χ3v) is 5.33. The van der Waals surface area contributed by atoms with E-state index in [4.69, 9.17) is 4.42 Å². The van der Waals surface area contributed by atoms with Gasteiger partial charge in [-0.3, -0.25) is 4.79 Å². The van der Waals surface area contributed by atoms with Crippen LogP contribution in [-0.4, -0.2) is 17.0 Å². The summed E-state index contributed by atoms with van der Waals surface area (Å²) in [7, 11) is 0. The highest BCUT2D eigenvalue weighted by Crippen LogP contribution is 2.50. The standard InChI is InChI=1S/C19H24O3/c1-13-16-9-4-10-17(20)19(16,2)12-14(18(13)21)6-3-7-15-8-5-11-22-15/h5-6,8,11,17,20H,3-4,7,9-10,12H2,1-2H3/t17-,19-/m0/s1. The summed E-state index contributed by atoms with van der Waals surface area (Å²) in [6.07, 6.45) is 8.40. The van der Waals surface area contributed by atoms with Crippen molar-refractivity contribution in [2.75, 3.05) is 0 Å².